The molecule has 3 heterocycles. The summed E-state index contributed by atoms with van der Waals surface area (Å²) in [6.45, 7) is 0. The summed E-state index contributed by atoms with van der Waals surface area (Å²) in [7, 11) is 0. The van der Waals surface area contributed by atoms with Crippen LogP contribution < -0.4 is 0 Å². The Hall–Kier alpha value is -5.61. The van der Waals surface area contributed by atoms with Crippen LogP contribution in [0.4, 0.5) is 0 Å². The Balaban J connectivity index is 1.20. The van der Waals surface area contributed by atoms with Crippen molar-refractivity contribution in [1.29, 1.82) is 0 Å². The van der Waals surface area contributed by atoms with E-state index < -0.39 is 0 Å². The lowest BCUT2D eigenvalue weighted by Gasteiger charge is -2.17. The lowest BCUT2D eigenvalue weighted by Crippen LogP contribution is -2.01. The van der Waals surface area contributed by atoms with Gasteiger partial charge in [0.05, 0.1) is 22.8 Å². The van der Waals surface area contributed by atoms with E-state index in [9.17, 15) is 0 Å². The fourth-order valence-corrected chi connectivity index (χ4v) is 6.05. The number of nitrogens with zero attached hydrogens (tertiary/aromatic N) is 4. The average molecular weight is 553 g/mol. The van der Waals surface area contributed by atoms with Crippen LogP contribution in [-0.4, -0.2) is 19.4 Å². The predicted octanol–water partition coefficient (Wildman–Crippen LogP) is 9.17. The van der Waals surface area contributed by atoms with E-state index in [2.05, 4.69) is 114 Å². The molecule has 0 bridgehead atoms. The third-order valence-corrected chi connectivity index (χ3v) is 8.15. The Kier molecular flexibility index (Phi) is 6.23. The number of allylic oxidation sites excluding steroid dienone is 1. The van der Waals surface area contributed by atoms with E-state index in [0.717, 1.165) is 58.1 Å². The average Bonchev–Trinajstić information content (AvgIpc) is 3.44. The van der Waals surface area contributed by atoms with Gasteiger partial charge in [-0.2, -0.15) is 0 Å². The Morgan fingerprint density at radius 1 is 0.512 bits per heavy atom. The third kappa shape index (κ3) is 4.63. The highest BCUT2D eigenvalue weighted by atomic mass is 15.0. The molecule has 8 rings (SSSR count). The summed E-state index contributed by atoms with van der Waals surface area (Å²) in [5.41, 5.74) is 13.1. The van der Waals surface area contributed by atoms with Gasteiger partial charge in [0.2, 0.25) is 0 Å². The van der Waals surface area contributed by atoms with Crippen molar-refractivity contribution in [2.24, 2.45) is 0 Å². The zero-order chi connectivity index (χ0) is 28.6. The van der Waals surface area contributed by atoms with Gasteiger partial charge in [0, 0.05) is 28.5 Å². The normalized spacial score (nSPS) is 13.8. The van der Waals surface area contributed by atoms with Gasteiger partial charge < -0.3 is 4.40 Å². The number of aromatic nitrogens is 4. The highest BCUT2D eigenvalue weighted by molar-refractivity contribution is 5.90. The maximum absolute atomic E-state index is 5.07. The molecule has 0 amide bonds. The van der Waals surface area contributed by atoms with E-state index in [-0.39, 0.29) is 0 Å². The van der Waals surface area contributed by atoms with Crippen LogP contribution >= 0.6 is 0 Å². The molecule has 7 aromatic rings. The van der Waals surface area contributed by atoms with E-state index in [0.29, 0.717) is 0 Å². The number of imidazole rings is 1. The lowest BCUT2D eigenvalue weighted by atomic mass is 9.88. The Labute approximate surface area is 250 Å². The number of rotatable bonds is 4. The van der Waals surface area contributed by atoms with E-state index in [1.807, 2.05) is 36.4 Å². The maximum Gasteiger partial charge on any atom is 0.160 e. The molecule has 0 fully saturated rings. The Morgan fingerprint density at radius 3 is 1.86 bits per heavy atom. The van der Waals surface area contributed by atoms with E-state index >= 15 is 0 Å². The monoisotopic (exact) mass is 552 g/mol. The van der Waals surface area contributed by atoms with Crippen molar-refractivity contribution >= 4 is 11.2 Å². The fourth-order valence-electron chi connectivity index (χ4n) is 6.05. The predicted molar refractivity (Wildman–Crippen MR) is 174 cm³/mol. The molecular formula is C39H28N4. The maximum atomic E-state index is 5.07. The molecule has 0 spiro atoms. The molecule has 4 nitrogen and oxygen atoms in total. The van der Waals surface area contributed by atoms with Gasteiger partial charge in [0.15, 0.2) is 5.82 Å². The molecule has 4 aromatic carbocycles. The van der Waals surface area contributed by atoms with Gasteiger partial charge in [0.1, 0.15) is 5.65 Å². The molecule has 3 aromatic heterocycles. The number of pyridine rings is 1. The van der Waals surface area contributed by atoms with Crippen LogP contribution in [-0.2, 0) is 6.42 Å². The van der Waals surface area contributed by atoms with Crippen molar-refractivity contribution < 1.29 is 0 Å². The minimum absolute atomic E-state index is 0.723. The van der Waals surface area contributed by atoms with Gasteiger partial charge >= 0.3 is 0 Å². The molecule has 0 saturated carbocycles. The molecule has 0 N–H and O–H groups in total. The van der Waals surface area contributed by atoms with Crippen LogP contribution in [0.2, 0.25) is 0 Å². The Morgan fingerprint density at radius 2 is 1.12 bits per heavy atom. The first kappa shape index (κ1) is 25.1. The van der Waals surface area contributed by atoms with Crippen molar-refractivity contribution in [3.05, 3.63) is 163 Å². The van der Waals surface area contributed by atoms with Crippen molar-refractivity contribution in [1.82, 2.24) is 19.4 Å². The number of aryl methyl sites for hydroxylation is 1. The summed E-state index contributed by atoms with van der Waals surface area (Å²) in [6, 6.07) is 46.2. The molecule has 1 aliphatic rings. The van der Waals surface area contributed by atoms with Gasteiger partial charge in [-0.3, -0.25) is 0 Å². The molecule has 0 atom stereocenters. The van der Waals surface area contributed by atoms with Crippen LogP contribution in [0.15, 0.2) is 146 Å². The number of hydrogen-bond donors (Lipinski definition) is 0. The SMILES string of the molecule is C1=C(/c2ccc(-c3cc(-c4ccccc4)nc(-c4ccccc4)n3)cc2)c2ccccc2-c2nc3ccccn3c2CC/1. The third-order valence-electron chi connectivity index (χ3n) is 8.15. The molecule has 0 saturated heterocycles. The van der Waals surface area contributed by atoms with Gasteiger partial charge in [-0.05, 0) is 47.7 Å². The molecule has 0 unspecified atom stereocenters. The highest BCUT2D eigenvalue weighted by Crippen LogP contribution is 2.38. The first-order valence-corrected chi connectivity index (χ1v) is 14.7. The minimum atomic E-state index is 0.723. The fraction of sp³-hybridized carbons (Fsp3) is 0.0513. The summed E-state index contributed by atoms with van der Waals surface area (Å²) >= 11 is 0. The van der Waals surface area contributed by atoms with Crippen LogP contribution in [0.1, 0.15) is 23.2 Å². The number of benzene rings is 4. The molecule has 43 heavy (non-hydrogen) atoms. The first-order valence-electron chi connectivity index (χ1n) is 14.7. The van der Waals surface area contributed by atoms with Crippen LogP contribution in [0.3, 0.4) is 0 Å². The lowest BCUT2D eigenvalue weighted by molar-refractivity contribution is 0.922. The minimum Gasteiger partial charge on any atom is -0.303 e. The van der Waals surface area contributed by atoms with Gasteiger partial charge in [0.25, 0.3) is 0 Å². The van der Waals surface area contributed by atoms with Crippen LogP contribution in [0.5, 0.6) is 0 Å². The zero-order valence-corrected chi connectivity index (χ0v) is 23.6. The van der Waals surface area contributed by atoms with Gasteiger partial charge in [-0.25, -0.2) is 15.0 Å². The van der Waals surface area contributed by atoms with Crippen molar-refractivity contribution in [3.8, 4) is 45.2 Å². The van der Waals surface area contributed by atoms with Gasteiger partial charge in [-0.15, -0.1) is 0 Å². The van der Waals surface area contributed by atoms with Gasteiger partial charge in [-0.1, -0.05) is 121 Å². The van der Waals surface area contributed by atoms with Crippen molar-refractivity contribution in [3.63, 3.8) is 0 Å². The quantitative estimate of drug-likeness (QED) is 0.219. The summed E-state index contributed by atoms with van der Waals surface area (Å²) in [5, 5.41) is 0. The summed E-state index contributed by atoms with van der Waals surface area (Å²) in [5.74, 6) is 0.723. The van der Waals surface area contributed by atoms with E-state index in [1.165, 1.54) is 28.0 Å². The second-order valence-electron chi connectivity index (χ2n) is 10.8. The van der Waals surface area contributed by atoms with Crippen LogP contribution in [0, 0.1) is 0 Å². The second kappa shape index (κ2) is 10.7. The standard InChI is InChI=1S/C39H28N4/c1-3-12-28(13-4-1)34-26-35(41-39(40-34)30-14-5-2-6-15-30)29-23-21-27(22-24-29)31-18-11-19-36-38(33-17-8-7-16-32(31)33)42-37-20-9-10-25-43(36)37/h1-10,12-18,20-26H,11,19H2/b31-18-. The van der Waals surface area contributed by atoms with E-state index in [1.54, 1.807) is 0 Å². The van der Waals surface area contributed by atoms with Crippen molar-refractivity contribution in [2.75, 3.05) is 0 Å². The van der Waals surface area contributed by atoms with Crippen molar-refractivity contribution in [2.45, 2.75) is 12.8 Å². The molecular weight excluding hydrogens is 524 g/mol. The summed E-state index contributed by atoms with van der Waals surface area (Å²) < 4.78 is 2.23. The number of hydrogen-bond acceptors (Lipinski definition) is 3. The molecule has 0 radical (unpaired) electrons. The second-order valence-corrected chi connectivity index (χ2v) is 10.8. The molecule has 1 aliphatic carbocycles. The first-order chi connectivity index (χ1) is 21.3. The summed E-state index contributed by atoms with van der Waals surface area (Å²) in [6.07, 6.45) is 6.37. The largest absolute Gasteiger partial charge is 0.303 e. The van der Waals surface area contributed by atoms with E-state index in [4.69, 9.17) is 15.0 Å². The summed E-state index contributed by atoms with van der Waals surface area (Å²) in [4.78, 5) is 15.0. The molecule has 0 aliphatic heterocycles. The van der Waals surface area contributed by atoms with Crippen LogP contribution in [0.25, 0.3) is 56.4 Å². The Bertz CT molecular complexity index is 2050. The molecule has 204 valence electrons. The molecule has 4 heteroatoms. The zero-order valence-electron chi connectivity index (χ0n) is 23.6. The smallest absolute Gasteiger partial charge is 0.160 e. The topological polar surface area (TPSA) is 43.1 Å². The number of fused-ring (bicyclic) bond motifs is 5. The highest BCUT2D eigenvalue weighted by Gasteiger charge is 2.21.